The SMILES string of the molecule is N#Cc1c(F)cccc1NCC(O)COC1CCCCC1. The van der Waals surface area contributed by atoms with E-state index in [0.29, 0.717) is 5.69 Å². The van der Waals surface area contributed by atoms with Crippen molar-refractivity contribution in [2.75, 3.05) is 18.5 Å². The summed E-state index contributed by atoms with van der Waals surface area (Å²) in [7, 11) is 0. The van der Waals surface area contributed by atoms with E-state index in [9.17, 15) is 9.50 Å². The van der Waals surface area contributed by atoms with Crippen LogP contribution < -0.4 is 5.32 Å². The molecule has 1 aromatic carbocycles. The molecule has 1 atom stereocenters. The Hall–Kier alpha value is -1.64. The van der Waals surface area contributed by atoms with Gasteiger partial charge in [0, 0.05) is 6.54 Å². The maximum atomic E-state index is 13.4. The van der Waals surface area contributed by atoms with Crippen molar-refractivity contribution in [2.45, 2.75) is 44.3 Å². The summed E-state index contributed by atoms with van der Waals surface area (Å²) in [6.45, 7) is 0.486. The number of ether oxygens (including phenoxy) is 1. The van der Waals surface area contributed by atoms with Crippen molar-refractivity contribution in [1.29, 1.82) is 5.26 Å². The van der Waals surface area contributed by atoms with Crippen molar-refractivity contribution in [1.82, 2.24) is 0 Å². The topological polar surface area (TPSA) is 65.3 Å². The van der Waals surface area contributed by atoms with Crippen LogP contribution in [0.25, 0.3) is 0 Å². The molecule has 1 aromatic rings. The van der Waals surface area contributed by atoms with Gasteiger partial charge in [0.1, 0.15) is 17.4 Å². The molecule has 1 aliphatic rings. The lowest BCUT2D eigenvalue weighted by molar-refractivity contribution is -0.0195. The highest BCUT2D eigenvalue weighted by atomic mass is 19.1. The second kappa shape index (κ2) is 7.96. The van der Waals surface area contributed by atoms with Gasteiger partial charge in [-0.1, -0.05) is 25.3 Å². The van der Waals surface area contributed by atoms with Crippen molar-refractivity contribution < 1.29 is 14.2 Å². The average Bonchev–Trinajstić information content (AvgIpc) is 2.52. The molecule has 1 unspecified atom stereocenters. The lowest BCUT2D eigenvalue weighted by atomic mass is 9.98. The Morgan fingerprint density at radius 1 is 1.38 bits per heavy atom. The van der Waals surface area contributed by atoms with Gasteiger partial charge < -0.3 is 15.2 Å². The van der Waals surface area contributed by atoms with Crippen LogP contribution in [0.15, 0.2) is 18.2 Å². The Labute approximate surface area is 124 Å². The molecule has 5 heteroatoms. The number of nitrogens with one attached hydrogen (secondary N) is 1. The summed E-state index contributed by atoms with van der Waals surface area (Å²) in [5.41, 5.74) is 0.368. The van der Waals surface area contributed by atoms with Gasteiger partial charge in [0.2, 0.25) is 0 Å². The highest BCUT2D eigenvalue weighted by Gasteiger charge is 2.16. The number of aliphatic hydroxyl groups is 1. The summed E-state index contributed by atoms with van der Waals surface area (Å²) < 4.78 is 19.1. The molecule has 0 aromatic heterocycles. The number of benzene rings is 1. The molecule has 4 nitrogen and oxygen atoms in total. The van der Waals surface area contributed by atoms with Crippen molar-refractivity contribution in [2.24, 2.45) is 0 Å². The standard InChI is InChI=1S/C16H21FN2O2/c17-15-7-4-8-16(14(15)9-18)19-10-12(20)11-21-13-5-2-1-3-6-13/h4,7-8,12-13,19-20H,1-3,5-6,10-11H2. The second-order valence-corrected chi connectivity index (χ2v) is 5.40. The molecule has 2 N–H and O–H groups in total. The first-order valence-corrected chi connectivity index (χ1v) is 7.43. The number of halogens is 1. The largest absolute Gasteiger partial charge is 0.389 e. The zero-order valence-electron chi connectivity index (χ0n) is 12.0. The highest BCUT2D eigenvalue weighted by molar-refractivity contribution is 5.57. The predicted octanol–water partition coefficient (Wildman–Crippen LogP) is 2.82. The molecule has 2 rings (SSSR count). The van der Waals surface area contributed by atoms with Crippen LogP contribution in [0.2, 0.25) is 0 Å². The van der Waals surface area contributed by atoms with Crippen molar-refractivity contribution in [3.8, 4) is 6.07 Å². The van der Waals surface area contributed by atoms with Crippen LogP contribution in [-0.4, -0.2) is 30.5 Å². The Balaban J connectivity index is 1.77. The first-order valence-electron chi connectivity index (χ1n) is 7.43. The minimum absolute atomic E-state index is 0.0297. The third-order valence-electron chi connectivity index (χ3n) is 3.73. The lowest BCUT2D eigenvalue weighted by Crippen LogP contribution is -2.28. The zero-order chi connectivity index (χ0) is 15.1. The van der Waals surface area contributed by atoms with E-state index in [4.69, 9.17) is 10.00 Å². The predicted molar refractivity (Wildman–Crippen MR) is 78.4 cm³/mol. The fourth-order valence-corrected chi connectivity index (χ4v) is 2.55. The van der Waals surface area contributed by atoms with Crippen molar-refractivity contribution >= 4 is 5.69 Å². The van der Waals surface area contributed by atoms with Gasteiger partial charge in [-0.15, -0.1) is 0 Å². The van der Waals surface area contributed by atoms with Gasteiger partial charge in [-0.05, 0) is 25.0 Å². The van der Waals surface area contributed by atoms with E-state index in [1.807, 2.05) is 6.07 Å². The van der Waals surface area contributed by atoms with Gasteiger partial charge in [0.15, 0.2) is 0 Å². The Bertz CT molecular complexity index is 496. The summed E-state index contributed by atoms with van der Waals surface area (Å²) in [6, 6.07) is 6.22. The van der Waals surface area contributed by atoms with Gasteiger partial charge in [0.05, 0.1) is 24.5 Å². The summed E-state index contributed by atoms with van der Waals surface area (Å²) in [4.78, 5) is 0. The van der Waals surface area contributed by atoms with E-state index in [-0.39, 0.29) is 24.8 Å². The second-order valence-electron chi connectivity index (χ2n) is 5.40. The molecule has 0 spiro atoms. The number of nitriles is 1. The van der Waals surface area contributed by atoms with Gasteiger partial charge in [-0.3, -0.25) is 0 Å². The van der Waals surface area contributed by atoms with Crippen LogP contribution in [0.5, 0.6) is 0 Å². The number of hydrogen-bond donors (Lipinski definition) is 2. The van der Waals surface area contributed by atoms with E-state index in [1.54, 1.807) is 6.07 Å². The van der Waals surface area contributed by atoms with Crippen LogP contribution in [0.3, 0.4) is 0 Å². The maximum Gasteiger partial charge on any atom is 0.143 e. The smallest absolute Gasteiger partial charge is 0.143 e. The van der Waals surface area contributed by atoms with E-state index >= 15 is 0 Å². The molecule has 1 fully saturated rings. The number of hydrogen-bond acceptors (Lipinski definition) is 4. The Morgan fingerprint density at radius 3 is 2.86 bits per heavy atom. The lowest BCUT2D eigenvalue weighted by Gasteiger charge is -2.23. The number of aliphatic hydroxyl groups excluding tert-OH is 1. The van der Waals surface area contributed by atoms with Gasteiger partial charge in [-0.2, -0.15) is 5.26 Å². The monoisotopic (exact) mass is 292 g/mol. The molecular weight excluding hydrogens is 271 g/mol. The van der Waals surface area contributed by atoms with Crippen molar-refractivity contribution in [3.63, 3.8) is 0 Å². The van der Waals surface area contributed by atoms with Crippen LogP contribution >= 0.6 is 0 Å². The number of anilines is 1. The molecule has 0 saturated heterocycles. The molecule has 114 valence electrons. The Morgan fingerprint density at radius 2 is 2.14 bits per heavy atom. The summed E-state index contributed by atoms with van der Waals surface area (Å²) in [5, 5.41) is 21.7. The van der Waals surface area contributed by atoms with Crippen LogP contribution in [0.1, 0.15) is 37.7 Å². The van der Waals surface area contributed by atoms with Crippen LogP contribution in [0.4, 0.5) is 10.1 Å². The van der Waals surface area contributed by atoms with Gasteiger partial charge in [-0.25, -0.2) is 4.39 Å². The Kier molecular flexibility index (Phi) is 5.97. The molecule has 0 radical (unpaired) electrons. The maximum absolute atomic E-state index is 13.4. The first kappa shape index (κ1) is 15.7. The van der Waals surface area contributed by atoms with Gasteiger partial charge in [0.25, 0.3) is 0 Å². The summed E-state index contributed by atoms with van der Waals surface area (Å²) in [6.07, 6.45) is 5.33. The minimum Gasteiger partial charge on any atom is -0.389 e. The quantitative estimate of drug-likeness (QED) is 0.846. The molecule has 21 heavy (non-hydrogen) atoms. The fraction of sp³-hybridized carbons (Fsp3) is 0.562. The van der Waals surface area contributed by atoms with Crippen molar-refractivity contribution in [3.05, 3.63) is 29.6 Å². The molecule has 0 bridgehead atoms. The zero-order valence-corrected chi connectivity index (χ0v) is 12.0. The summed E-state index contributed by atoms with van der Waals surface area (Å²) >= 11 is 0. The number of nitrogens with zero attached hydrogens (tertiary/aromatic N) is 1. The third-order valence-corrected chi connectivity index (χ3v) is 3.73. The fourth-order valence-electron chi connectivity index (χ4n) is 2.55. The van der Waals surface area contributed by atoms with Crippen LogP contribution in [0, 0.1) is 17.1 Å². The van der Waals surface area contributed by atoms with E-state index in [0.717, 1.165) is 12.8 Å². The third kappa shape index (κ3) is 4.69. The van der Waals surface area contributed by atoms with E-state index in [1.165, 1.54) is 31.4 Å². The molecule has 0 aliphatic heterocycles. The normalized spacial score (nSPS) is 17.2. The molecule has 1 aliphatic carbocycles. The minimum atomic E-state index is -0.679. The molecule has 0 amide bonds. The van der Waals surface area contributed by atoms with Crippen LogP contribution in [-0.2, 0) is 4.74 Å². The van der Waals surface area contributed by atoms with Gasteiger partial charge >= 0.3 is 0 Å². The molecular formula is C16H21FN2O2. The molecule has 1 saturated carbocycles. The summed E-state index contributed by atoms with van der Waals surface area (Å²) in [5.74, 6) is -0.560. The van der Waals surface area contributed by atoms with E-state index in [2.05, 4.69) is 5.32 Å². The highest BCUT2D eigenvalue weighted by Crippen LogP contribution is 2.21. The van der Waals surface area contributed by atoms with E-state index < -0.39 is 11.9 Å². The number of rotatable bonds is 6. The molecule has 0 heterocycles. The first-order chi connectivity index (χ1) is 10.2. The average molecular weight is 292 g/mol.